The first-order chi connectivity index (χ1) is 9.47. The van der Waals surface area contributed by atoms with Crippen LogP contribution in [0.2, 0.25) is 10.0 Å². The first-order valence-electron chi connectivity index (χ1n) is 6.83. The molecule has 1 fully saturated rings. The zero-order valence-electron chi connectivity index (χ0n) is 11.4. The minimum atomic E-state index is -1.12. The van der Waals surface area contributed by atoms with Crippen molar-refractivity contribution < 1.29 is 9.00 Å². The molecule has 0 aliphatic heterocycles. The van der Waals surface area contributed by atoms with Crippen LogP contribution in [0.15, 0.2) is 18.2 Å². The summed E-state index contributed by atoms with van der Waals surface area (Å²) < 4.78 is 12.3. The Morgan fingerprint density at radius 1 is 1.35 bits per heavy atom. The summed E-state index contributed by atoms with van der Waals surface area (Å²) in [5.41, 5.74) is 0.372. The second-order valence-electron chi connectivity index (χ2n) is 5.47. The van der Waals surface area contributed by atoms with Gasteiger partial charge in [0.15, 0.2) is 5.78 Å². The number of hydrogen-bond donors (Lipinski definition) is 0. The number of rotatable bonds is 4. The molecular weight excluding hydrogens is 315 g/mol. The molecular formula is C15H18Cl2O2S. The number of benzene rings is 1. The van der Waals surface area contributed by atoms with Crippen LogP contribution >= 0.6 is 23.2 Å². The van der Waals surface area contributed by atoms with Gasteiger partial charge in [-0.15, -0.1) is 0 Å². The van der Waals surface area contributed by atoms with Crippen LogP contribution in [0.25, 0.3) is 0 Å². The van der Waals surface area contributed by atoms with Gasteiger partial charge in [0.1, 0.15) is 0 Å². The molecule has 0 bridgehead atoms. The van der Waals surface area contributed by atoms with Gasteiger partial charge >= 0.3 is 0 Å². The maximum absolute atomic E-state index is 12.3. The van der Waals surface area contributed by atoms with Crippen LogP contribution in [0, 0.1) is 5.92 Å². The summed E-state index contributed by atoms with van der Waals surface area (Å²) in [6.45, 7) is 2.18. The standard InChI is InChI=1S/C15H18Cl2O2S/c1-10-3-2-4-12(7-10)20(19)9-15(18)13-8-11(16)5-6-14(13)17/h5-6,8,10,12H,2-4,7,9H2,1H3. The van der Waals surface area contributed by atoms with Crippen LogP contribution < -0.4 is 0 Å². The fourth-order valence-corrected chi connectivity index (χ4v) is 4.67. The van der Waals surface area contributed by atoms with E-state index in [1.165, 1.54) is 6.42 Å². The third-order valence-corrected chi connectivity index (χ3v) is 6.05. The highest BCUT2D eigenvalue weighted by Gasteiger charge is 2.26. The maximum atomic E-state index is 12.3. The Morgan fingerprint density at radius 3 is 2.80 bits per heavy atom. The Labute approximate surface area is 132 Å². The molecule has 1 aromatic carbocycles. The van der Waals surface area contributed by atoms with Crippen LogP contribution in [0.4, 0.5) is 0 Å². The van der Waals surface area contributed by atoms with Gasteiger partial charge in [0.05, 0.1) is 10.8 Å². The van der Waals surface area contributed by atoms with Gasteiger partial charge in [0.2, 0.25) is 0 Å². The zero-order chi connectivity index (χ0) is 14.7. The van der Waals surface area contributed by atoms with Crippen LogP contribution in [-0.2, 0) is 10.8 Å². The lowest BCUT2D eigenvalue weighted by Gasteiger charge is -2.25. The lowest BCUT2D eigenvalue weighted by Crippen LogP contribution is -2.27. The van der Waals surface area contributed by atoms with Crippen LogP contribution in [0.3, 0.4) is 0 Å². The van der Waals surface area contributed by atoms with Gasteiger partial charge in [-0.2, -0.15) is 0 Å². The quantitative estimate of drug-likeness (QED) is 0.760. The van der Waals surface area contributed by atoms with E-state index in [-0.39, 0.29) is 16.8 Å². The van der Waals surface area contributed by atoms with E-state index in [1.54, 1.807) is 18.2 Å². The summed E-state index contributed by atoms with van der Waals surface area (Å²) in [6, 6.07) is 4.79. The smallest absolute Gasteiger partial charge is 0.176 e. The Morgan fingerprint density at radius 2 is 2.10 bits per heavy atom. The number of carbonyl (C=O) groups is 1. The summed E-state index contributed by atoms with van der Waals surface area (Å²) in [4.78, 5) is 12.2. The topological polar surface area (TPSA) is 34.1 Å². The van der Waals surface area contributed by atoms with E-state index in [0.29, 0.717) is 21.5 Å². The lowest BCUT2D eigenvalue weighted by atomic mass is 9.91. The number of carbonyl (C=O) groups excluding carboxylic acids is 1. The van der Waals surface area contributed by atoms with Gasteiger partial charge in [-0.1, -0.05) is 43.0 Å². The number of hydrogen-bond acceptors (Lipinski definition) is 2. The van der Waals surface area contributed by atoms with Gasteiger partial charge in [0, 0.05) is 26.6 Å². The molecule has 0 spiro atoms. The van der Waals surface area contributed by atoms with Crippen LogP contribution in [0.5, 0.6) is 0 Å². The van der Waals surface area contributed by atoms with Crippen molar-refractivity contribution >= 4 is 39.8 Å². The van der Waals surface area contributed by atoms with Crippen molar-refractivity contribution in [1.29, 1.82) is 0 Å². The summed E-state index contributed by atoms with van der Waals surface area (Å²) in [7, 11) is -1.12. The monoisotopic (exact) mass is 332 g/mol. The largest absolute Gasteiger partial charge is 0.293 e. The second kappa shape index (κ2) is 7.06. The van der Waals surface area contributed by atoms with Crippen molar-refractivity contribution in [3.63, 3.8) is 0 Å². The SMILES string of the molecule is CC1CCCC(S(=O)CC(=O)c2cc(Cl)ccc2Cl)C1. The van der Waals surface area contributed by atoms with Crippen LogP contribution in [0.1, 0.15) is 43.0 Å². The number of halogens is 2. The summed E-state index contributed by atoms with van der Waals surface area (Å²) in [6.07, 6.45) is 4.20. The van der Waals surface area contributed by atoms with E-state index >= 15 is 0 Å². The van der Waals surface area contributed by atoms with Crippen molar-refractivity contribution in [1.82, 2.24) is 0 Å². The minimum Gasteiger partial charge on any atom is -0.293 e. The van der Waals surface area contributed by atoms with Crippen molar-refractivity contribution in [2.45, 2.75) is 37.9 Å². The van der Waals surface area contributed by atoms with E-state index in [9.17, 15) is 9.00 Å². The van der Waals surface area contributed by atoms with Gasteiger partial charge < -0.3 is 0 Å². The predicted octanol–water partition coefficient (Wildman–Crippen LogP) is 4.50. The first-order valence-corrected chi connectivity index (χ1v) is 8.96. The Balaban J connectivity index is 2.03. The molecule has 0 radical (unpaired) electrons. The van der Waals surface area contributed by atoms with E-state index < -0.39 is 10.8 Å². The van der Waals surface area contributed by atoms with E-state index in [2.05, 4.69) is 6.92 Å². The summed E-state index contributed by atoms with van der Waals surface area (Å²) in [5, 5.41) is 0.976. The van der Waals surface area contributed by atoms with Gasteiger partial charge in [-0.05, 0) is 37.0 Å². The molecule has 1 aromatic rings. The molecule has 1 aliphatic carbocycles. The molecule has 0 saturated heterocycles. The molecule has 0 N–H and O–H groups in total. The average Bonchev–Trinajstić information content (AvgIpc) is 2.41. The van der Waals surface area contributed by atoms with Crippen molar-refractivity contribution in [2.24, 2.45) is 5.92 Å². The molecule has 2 nitrogen and oxygen atoms in total. The molecule has 110 valence electrons. The second-order valence-corrected chi connectivity index (χ2v) is 8.03. The van der Waals surface area contributed by atoms with Crippen LogP contribution in [-0.4, -0.2) is 21.0 Å². The van der Waals surface area contributed by atoms with Gasteiger partial charge in [0.25, 0.3) is 0 Å². The maximum Gasteiger partial charge on any atom is 0.176 e. The Bertz CT molecular complexity index is 531. The molecule has 2 rings (SSSR count). The third-order valence-electron chi connectivity index (χ3n) is 3.76. The molecule has 3 atom stereocenters. The molecule has 1 saturated carbocycles. The van der Waals surface area contributed by atoms with E-state index in [1.807, 2.05) is 0 Å². The van der Waals surface area contributed by atoms with Crippen molar-refractivity contribution in [3.05, 3.63) is 33.8 Å². The molecule has 1 aliphatic rings. The summed E-state index contributed by atoms with van der Waals surface area (Å²) >= 11 is 11.9. The molecule has 0 amide bonds. The third kappa shape index (κ3) is 4.06. The molecule has 5 heteroatoms. The Kier molecular flexibility index (Phi) is 5.65. The predicted molar refractivity (Wildman–Crippen MR) is 85.2 cm³/mol. The average molecular weight is 333 g/mol. The highest BCUT2D eigenvalue weighted by atomic mass is 35.5. The lowest BCUT2D eigenvalue weighted by molar-refractivity contribution is 0.102. The zero-order valence-corrected chi connectivity index (χ0v) is 13.7. The normalized spacial score (nSPS) is 24.4. The van der Waals surface area contributed by atoms with Gasteiger partial charge in [-0.25, -0.2) is 0 Å². The summed E-state index contributed by atoms with van der Waals surface area (Å²) in [5.74, 6) is 0.453. The van der Waals surface area contributed by atoms with Crippen molar-refractivity contribution in [3.8, 4) is 0 Å². The van der Waals surface area contributed by atoms with E-state index in [4.69, 9.17) is 23.2 Å². The highest BCUT2D eigenvalue weighted by molar-refractivity contribution is 7.86. The fraction of sp³-hybridized carbons (Fsp3) is 0.533. The number of Topliss-reactive ketones (excluding diaryl/α,β-unsaturated/α-hetero) is 1. The minimum absolute atomic E-state index is 0.0391. The van der Waals surface area contributed by atoms with E-state index in [0.717, 1.165) is 19.3 Å². The molecule has 20 heavy (non-hydrogen) atoms. The van der Waals surface area contributed by atoms with Gasteiger partial charge in [-0.3, -0.25) is 9.00 Å². The van der Waals surface area contributed by atoms with Crippen molar-refractivity contribution in [2.75, 3.05) is 5.75 Å². The highest BCUT2D eigenvalue weighted by Crippen LogP contribution is 2.28. The first kappa shape index (κ1) is 16.0. The molecule has 0 aromatic heterocycles. The Hall–Kier alpha value is -0.380. The molecule has 0 heterocycles. The molecule has 3 unspecified atom stereocenters. The fourth-order valence-electron chi connectivity index (χ4n) is 2.65. The number of ketones is 1.